The molecule has 0 spiro atoms. The van der Waals surface area contributed by atoms with Gasteiger partial charge < -0.3 is 19.5 Å². The van der Waals surface area contributed by atoms with Crippen LogP contribution in [-0.4, -0.2) is 60.7 Å². The van der Waals surface area contributed by atoms with Gasteiger partial charge in [0, 0.05) is 25.1 Å². The van der Waals surface area contributed by atoms with Crippen LogP contribution in [0.1, 0.15) is 64.4 Å². The Kier molecular flexibility index (Phi) is 8.35. The lowest BCUT2D eigenvalue weighted by molar-refractivity contribution is 0.0302. The Bertz CT molecular complexity index is 973. The van der Waals surface area contributed by atoms with E-state index in [9.17, 15) is 14.7 Å². The number of amides is 1. The highest BCUT2D eigenvalue weighted by molar-refractivity contribution is 6.01. The van der Waals surface area contributed by atoms with Gasteiger partial charge in [-0.2, -0.15) is 0 Å². The van der Waals surface area contributed by atoms with Crippen molar-refractivity contribution in [2.75, 3.05) is 32.9 Å². The Morgan fingerprint density at radius 3 is 2.47 bits per heavy atom. The van der Waals surface area contributed by atoms with Crippen molar-refractivity contribution in [2.24, 2.45) is 5.92 Å². The van der Waals surface area contributed by atoms with Gasteiger partial charge in [-0.3, -0.25) is 9.59 Å². The predicted octanol–water partition coefficient (Wildman–Crippen LogP) is 4.08. The molecule has 1 atom stereocenters. The molecule has 2 aliphatic rings. The van der Waals surface area contributed by atoms with Gasteiger partial charge in [0.1, 0.15) is 5.75 Å². The number of ether oxygens (including phenoxy) is 2. The first-order valence-electron chi connectivity index (χ1n) is 12.5. The molecule has 0 saturated carbocycles. The summed E-state index contributed by atoms with van der Waals surface area (Å²) in [5.74, 6) is 0.863. The number of carbonyl (C=O) groups excluding carboxylic acids is 2. The van der Waals surface area contributed by atoms with Crippen LogP contribution in [0.15, 0.2) is 42.5 Å². The van der Waals surface area contributed by atoms with Gasteiger partial charge in [-0.05, 0) is 74.3 Å². The Hall–Kier alpha value is -2.70. The first kappa shape index (κ1) is 24.4. The van der Waals surface area contributed by atoms with E-state index in [-0.39, 0.29) is 18.1 Å². The average Bonchev–Trinajstić information content (AvgIpc) is 3.29. The van der Waals surface area contributed by atoms with Crippen LogP contribution in [0.3, 0.4) is 0 Å². The summed E-state index contributed by atoms with van der Waals surface area (Å²) in [6.45, 7) is 4.47. The Morgan fingerprint density at radius 1 is 1.09 bits per heavy atom. The van der Waals surface area contributed by atoms with E-state index in [1.165, 1.54) is 11.1 Å². The fourth-order valence-electron chi connectivity index (χ4n) is 4.97. The third-order valence-electron chi connectivity index (χ3n) is 6.88. The molecule has 0 unspecified atom stereocenters. The van der Waals surface area contributed by atoms with E-state index >= 15 is 0 Å². The number of nitrogens with zero attached hydrogens (tertiary/aromatic N) is 1. The maximum absolute atomic E-state index is 12.9. The van der Waals surface area contributed by atoms with Gasteiger partial charge in [-0.15, -0.1) is 0 Å². The Morgan fingerprint density at radius 2 is 1.79 bits per heavy atom. The number of benzene rings is 2. The van der Waals surface area contributed by atoms with E-state index in [0.717, 1.165) is 19.3 Å². The quantitative estimate of drug-likeness (QED) is 0.535. The van der Waals surface area contributed by atoms with Crippen molar-refractivity contribution in [3.05, 3.63) is 64.7 Å². The van der Waals surface area contributed by atoms with E-state index in [2.05, 4.69) is 24.3 Å². The van der Waals surface area contributed by atoms with Crippen LogP contribution in [0.2, 0.25) is 0 Å². The minimum atomic E-state index is -0.495. The molecular weight excluding hydrogens is 430 g/mol. The SMILES string of the molecule is CCOc1cc(C(=O)N2CCOCC2)ccc1C(=O)CC[C@@H](O)CCC1Cc2ccccc2C1. The molecule has 0 bridgehead atoms. The molecule has 1 heterocycles. The molecule has 1 aliphatic carbocycles. The first-order valence-corrected chi connectivity index (χ1v) is 12.5. The molecule has 1 fully saturated rings. The van der Waals surface area contributed by atoms with Gasteiger partial charge in [0.15, 0.2) is 5.78 Å². The molecule has 1 amide bonds. The number of hydrogen-bond acceptors (Lipinski definition) is 5. The molecule has 182 valence electrons. The Labute approximate surface area is 201 Å². The highest BCUT2D eigenvalue weighted by Crippen LogP contribution is 2.30. The fraction of sp³-hybridized carbons (Fsp3) is 0.500. The zero-order valence-corrected chi connectivity index (χ0v) is 20.0. The number of morpholine rings is 1. The first-order chi connectivity index (χ1) is 16.5. The zero-order chi connectivity index (χ0) is 23.9. The van der Waals surface area contributed by atoms with Crippen molar-refractivity contribution < 1.29 is 24.2 Å². The number of fused-ring (bicyclic) bond motifs is 1. The molecule has 0 aromatic heterocycles. The molecule has 34 heavy (non-hydrogen) atoms. The lowest BCUT2D eigenvalue weighted by atomic mass is 9.95. The van der Waals surface area contributed by atoms with E-state index in [4.69, 9.17) is 9.47 Å². The topological polar surface area (TPSA) is 76.1 Å². The summed E-state index contributed by atoms with van der Waals surface area (Å²) >= 11 is 0. The zero-order valence-electron chi connectivity index (χ0n) is 20.0. The molecule has 0 radical (unpaired) electrons. The van der Waals surface area contributed by atoms with E-state index in [1.807, 2.05) is 6.92 Å². The van der Waals surface area contributed by atoms with Crippen molar-refractivity contribution >= 4 is 11.7 Å². The van der Waals surface area contributed by atoms with Crippen LogP contribution in [0.5, 0.6) is 5.75 Å². The van der Waals surface area contributed by atoms with Crippen LogP contribution >= 0.6 is 0 Å². The number of aliphatic hydroxyl groups excluding tert-OH is 1. The van der Waals surface area contributed by atoms with Gasteiger partial charge in [0.25, 0.3) is 5.91 Å². The second-order valence-corrected chi connectivity index (χ2v) is 9.28. The highest BCUT2D eigenvalue weighted by Gasteiger charge is 2.23. The highest BCUT2D eigenvalue weighted by atomic mass is 16.5. The van der Waals surface area contributed by atoms with Gasteiger partial charge >= 0.3 is 0 Å². The molecule has 1 N–H and O–H groups in total. The van der Waals surface area contributed by atoms with Crippen molar-refractivity contribution in [3.8, 4) is 5.75 Å². The molecule has 2 aromatic carbocycles. The summed E-state index contributed by atoms with van der Waals surface area (Å²) in [4.78, 5) is 27.5. The van der Waals surface area contributed by atoms with E-state index < -0.39 is 6.10 Å². The van der Waals surface area contributed by atoms with Crippen molar-refractivity contribution in [1.29, 1.82) is 0 Å². The third kappa shape index (κ3) is 6.05. The predicted molar refractivity (Wildman–Crippen MR) is 130 cm³/mol. The average molecular weight is 466 g/mol. The lowest BCUT2D eigenvalue weighted by Crippen LogP contribution is -2.40. The summed E-state index contributed by atoms with van der Waals surface area (Å²) in [5, 5.41) is 10.5. The summed E-state index contributed by atoms with van der Waals surface area (Å²) in [6.07, 6.45) is 4.01. The molecule has 2 aromatic rings. The van der Waals surface area contributed by atoms with Crippen LogP contribution in [-0.2, 0) is 17.6 Å². The van der Waals surface area contributed by atoms with Gasteiger partial charge in [0.05, 0.1) is 31.5 Å². The fourth-order valence-corrected chi connectivity index (χ4v) is 4.97. The minimum absolute atomic E-state index is 0.0684. The van der Waals surface area contributed by atoms with Crippen molar-refractivity contribution in [2.45, 2.75) is 51.6 Å². The molecule has 1 aliphatic heterocycles. The van der Waals surface area contributed by atoms with Crippen LogP contribution in [0, 0.1) is 5.92 Å². The summed E-state index contributed by atoms with van der Waals surface area (Å²) in [5.41, 5.74) is 3.84. The molecule has 1 saturated heterocycles. The lowest BCUT2D eigenvalue weighted by Gasteiger charge is -2.27. The summed E-state index contributed by atoms with van der Waals surface area (Å²) in [6, 6.07) is 13.6. The van der Waals surface area contributed by atoms with Crippen molar-refractivity contribution in [3.63, 3.8) is 0 Å². The standard InChI is InChI=1S/C28H35NO5/c1-2-34-27-19-23(28(32)29-13-15-33-16-14-29)8-11-25(27)26(31)12-10-24(30)9-7-20-17-21-5-3-4-6-22(21)18-20/h3-6,8,11,19-20,24,30H,2,7,9-10,12-18H2,1H3/t24-/m0/s1. The molecule has 6 heteroatoms. The molecule has 6 nitrogen and oxygen atoms in total. The van der Waals surface area contributed by atoms with Crippen LogP contribution < -0.4 is 4.74 Å². The Balaban J connectivity index is 1.29. The summed E-state index contributed by atoms with van der Waals surface area (Å²) < 4.78 is 11.0. The normalized spacial score (nSPS) is 16.8. The van der Waals surface area contributed by atoms with Crippen LogP contribution in [0.4, 0.5) is 0 Å². The number of carbonyl (C=O) groups is 2. The number of rotatable bonds is 10. The number of Topliss-reactive ketones (excluding diaryl/α,β-unsaturated/α-hetero) is 1. The van der Waals surface area contributed by atoms with Gasteiger partial charge in [0.2, 0.25) is 0 Å². The molecule has 4 rings (SSSR count). The smallest absolute Gasteiger partial charge is 0.254 e. The maximum Gasteiger partial charge on any atom is 0.254 e. The van der Waals surface area contributed by atoms with E-state index in [1.54, 1.807) is 23.1 Å². The minimum Gasteiger partial charge on any atom is -0.493 e. The van der Waals surface area contributed by atoms with Gasteiger partial charge in [-0.1, -0.05) is 24.3 Å². The number of hydrogen-bond donors (Lipinski definition) is 1. The maximum atomic E-state index is 12.9. The largest absolute Gasteiger partial charge is 0.493 e. The van der Waals surface area contributed by atoms with Crippen molar-refractivity contribution in [1.82, 2.24) is 4.90 Å². The number of aliphatic hydroxyl groups is 1. The second-order valence-electron chi connectivity index (χ2n) is 9.28. The second kappa shape index (κ2) is 11.6. The van der Waals surface area contributed by atoms with Crippen LogP contribution in [0.25, 0.3) is 0 Å². The number of ketones is 1. The molecular formula is C28H35NO5. The van der Waals surface area contributed by atoms with Gasteiger partial charge in [-0.25, -0.2) is 0 Å². The monoisotopic (exact) mass is 465 g/mol. The third-order valence-corrected chi connectivity index (χ3v) is 6.88. The summed E-state index contributed by atoms with van der Waals surface area (Å²) in [7, 11) is 0. The van der Waals surface area contributed by atoms with E-state index in [0.29, 0.717) is 68.5 Å².